The van der Waals surface area contributed by atoms with Crippen LogP contribution in [0.15, 0.2) is 5.16 Å². The molecule has 0 aliphatic heterocycles. The highest BCUT2D eigenvalue weighted by atomic mass is 32.2. The third-order valence-corrected chi connectivity index (χ3v) is 4.84. The first kappa shape index (κ1) is 15.4. The molecule has 20 heavy (non-hydrogen) atoms. The molecule has 1 N–H and O–H groups in total. The van der Waals surface area contributed by atoms with Gasteiger partial charge in [0.2, 0.25) is 0 Å². The van der Waals surface area contributed by atoms with Gasteiger partial charge < -0.3 is 9.67 Å². The second-order valence-electron chi connectivity index (χ2n) is 5.94. The molecule has 1 aliphatic carbocycles. The minimum absolute atomic E-state index is 0.0343. The first-order chi connectivity index (χ1) is 9.49. The Morgan fingerprint density at radius 3 is 2.55 bits per heavy atom. The van der Waals surface area contributed by atoms with Gasteiger partial charge in [-0.1, -0.05) is 31.5 Å². The van der Waals surface area contributed by atoms with E-state index in [1.807, 2.05) is 0 Å². The zero-order valence-corrected chi connectivity index (χ0v) is 13.2. The molecule has 1 saturated carbocycles. The summed E-state index contributed by atoms with van der Waals surface area (Å²) in [5, 5.41) is 18.1. The second kappa shape index (κ2) is 6.61. The van der Waals surface area contributed by atoms with Gasteiger partial charge in [-0.2, -0.15) is 0 Å². The summed E-state index contributed by atoms with van der Waals surface area (Å²) in [6, 6.07) is 0.260. The summed E-state index contributed by atoms with van der Waals surface area (Å²) >= 11 is 1.26. The molecule has 1 aliphatic rings. The number of nitrogens with zero attached hydrogens (tertiary/aromatic N) is 3. The number of carbonyl (C=O) groups is 1. The van der Waals surface area contributed by atoms with Gasteiger partial charge in [-0.3, -0.25) is 4.79 Å². The molecule has 1 fully saturated rings. The van der Waals surface area contributed by atoms with Crippen molar-refractivity contribution in [2.75, 3.05) is 5.75 Å². The van der Waals surface area contributed by atoms with Gasteiger partial charge in [0.25, 0.3) is 0 Å². The summed E-state index contributed by atoms with van der Waals surface area (Å²) in [5.74, 6) is 1.54. The Kier molecular flexibility index (Phi) is 5.07. The summed E-state index contributed by atoms with van der Waals surface area (Å²) in [5.41, 5.74) is 0. The molecule has 112 valence electrons. The number of hydrogen-bond donors (Lipinski definition) is 1. The monoisotopic (exact) mass is 297 g/mol. The zero-order valence-electron chi connectivity index (χ0n) is 12.4. The number of aliphatic carboxylic acids is 1. The van der Waals surface area contributed by atoms with Crippen LogP contribution in [0.1, 0.15) is 64.2 Å². The SMILES string of the molecule is CC1CCC(c2nnc(SCC(=O)O)n2C(C)C)CC1. The van der Waals surface area contributed by atoms with Crippen molar-refractivity contribution in [2.45, 2.75) is 63.6 Å². The number of hydrogen-bond acceptors (Lipinski definition) is 4. The average molecular weight is 297 g/mol. The van der Waals surface area contributed by atoms with E-state index in [0.717, 1.165) is 29.7 Å². The van der Waals surface area contributed by atoms with E-state index in [0.29, 0.717) is 5.92 Å². The molecule has 0 unspecified atom stereocenters. The van der Waals surface area contributed by atoms with E-state index < -0.39 is 5.97 Å². The van der Waals surface area contributed by atoms with Crippen LogP contribution in [0, 0.1) is 5.92 Å². The van der Waals surface area contributed by atoms with Crippen LogP contribution in [0.5, 0.6) is 0 Å². The van der Waals surface area contributed by atoms with E-state index in [-0.39, 0.29) is 11.8 Å². The summed E-state index contributed by atoms with van der Waals surface area (Å²) in [4.78, 5) is 10.7. The largest absolute Gasteiger partial charge is 0.481 e. The summed E-state index contributed by atoms with van der Waals surface area (Å²) in [6.45, 7) is 6.50. The van der Waals surface area contributed by atoms with Crippen LogP contribution in [-0.4, -0.2) is 31.6 Å². The molecule has 0 spiro atoms. The minimum Gasteiger partial charge on any atom is -0.481 e. The molecular formula is C14H23N3O2S. The van der Waals surface area contributed by atoms with Crippen LogP contribution in [0.3, 0.4) is 0 Å². The molecule has 0 saturated heterocycles. The number of carboxylic acid groups (broad SMARTS) is 1. The van der Waals surface area contributed by atoms with E-state index >= 15 is 0 Å². The fraction of sp³-hybridized carbons (Fsp3) is 0.786. The van der Waals surface area contributed by atoms with E-state index in [1.165, 1.54) is 24.6 Å². The standard InChI is InChI=1S/C14H23N3O2S/c1-9(2)17-13(11-6-4-10(3)5-7-11)15-16-14(17)20-8-12(18)19/h9-11H,4-8H2,1-3H3,(H,18,19). The normalized spacial score (nSPS) is 23.2. The fourth-order valence-corrected chi connectivity index (χ4v) is 3.59. The van der Waals surface area contributed by atoms with Crippen LogP contribution in [-0.2, 0) is 4.79 Å². The summed E-state index contributed by atoms with van der Waals surface area (Å²) in [7, 11) is 0. The van der Waals surface area contributed by atoms with Crippen LogP contribution in [0.4, 0.5) is 0 Å². The van der Waals surface area contributed by atoms with Gasteiger partial charge in [-0.05, 0) is 32.6 Å². The molecule has 0 aromatic carbocycles. The van der Waals surface area contributed by atoms with Gasteiger partial charge in [-0.15, -0.1) is 10.2 Å². The van der Waals surface area contributed by atoms with Crippen LogP contribution < -0.4 is 0 Å². The average Bonchev–Trinajstić information content (AvgIpc) is 2.81. The molecule has 1 heterocycles. The summed E-state index contributed by atoms with van der Waals surface area (Å²) in [6.07, 6.45) is 4.81. The lowest BCUT2D eigenvalue weighted by Crippen LogP contribution is -2.17. The maximum Gasteiger partial charge on any atom is 0.313 e. The lowest BCUT2D eigenvalue weighted by Gasteiger charge is -2.26. The lowest BCUT2D eigenvalue weighted by atomic mass is 9.82. The molecule has 6 heteroatoms. The van der Waals surface area contributed by atoms with Crippen molar-refractivity contribution in [3.05, 3.63) is 5.82 Å². The van der Waals surface area contributed by atoms with Gasteiger partial charge >= 0.3 is 5.97 Å². The van der Waals surface area contributed by atoms with Crippen molar-refractivity contribution >= 4 is 17.7 Å². The topological polar surface area (TPSA) is 68.0 Å². The minimum atomic E-state index is -0.818. The molecule has 0 atom stereocenters. The third kappa shape index (κ3) is 3.53. The molecule has 0 radical (unpaired) electrons. The molecular weight excluding hydrogens is 274 g/mol. The van der Waals surface area contributed by atoms with Crippen molar-refractivity contribution in [3.8, 4) is 0 Å². The molecule has 1 aromatic heterocycles. The number of thioether (sulfide) groups is 1. The maximum absolute atomic E-state index is 10.7. The molecule has 0 bridgehead atoms. The highest BCUT2D eigenvalue weighted by Crippen LogP contribution is 2.36. The van der Waals surface area contributed by atoms with Crippen molar-refractivity contribution in [1.82, 2.24) is 14.8 Å². The van der Waals surface area contributed by atoms with Gasteiger partial charge in [0.1, 0.15) is 5.82 Å². The Morgan fingerprint density at radius 2 is 2.00 bits per heavy atom. The van der Waals surface area contributed by atoms with Gasteiger partial charge in [0.15, 0.2) is 5.16 Å². The van der Waals surface area contributed by atoms with E-state index in [9.17, 15) is 4.79 Å². The Labute approximate surface area is 124 Å². The first-order valence-corrected chi connectivity index (χ1v) is 8.27. The van der Waals surface area contributed by atoms with E-state index in [1.54, 1.807) is 0 Å². The van der Waals surface area contributed by atoms with Gasteiger partial charge in [0.05, 0.1) is 5.75 Å². The third-order valence-electron chi connectivity index (χ3n) is 3.91. The van der Waals surface area contributed by atoms with Crippen LogP contribution >= 0.6 is 11.8 Å². The highest BCUT2D eigenvalue weighted by molar-refractivity contribution is 7.99. The predicted molar refractivity (Wildman–Crippen MR) is 79.1 cm³/mol. The summed E-state index contributed by atoms with van der Waals surface area (Å²) < 4.78 is 2.12. The Bertz CT molecular complexity index is 465. The van der Waals surface area contributed by atoms with Crippen molar-refractivity contribution in [2.24, 2.45) is 5.92 Å². The Morgan fingerprint density at radius 1 is 1.35 bits per heavy atom. The lowest BCUT2D eigenvalue weighted by molar-refractivity contribution is -0.133. The van der Waals surface area contributed by atoms with Gasteiger partial charge in [0, 0.05) is 12.0 Å². The maximum atomic E-state index is 10.7. The Hall–Kier alpha value is -1.04. The quantitative estimate of drug-likeness (QED) is 0.844. The van der Waals surface area contributed by atoms with E-state index in [2.05, 4.69) is 35.5 Å². The van der Waals surface area contributed by atoms with Crippen molar-refractivity contribution < 1.29 is 9.90 Å². The van der Waals surface area contributed by atoms with Gasteiger partial charge in [-0.25, -0.2) is 0 Å². The molecule has 5 nitrogen and oxygen atoms in total. The Balaban J connectivity index is 2.18. The van der Waals surface area contributed by atoms with Crippen LogP contribution in [0.25, 0.3) is 0 Å². The second-order valence-corrected chi connectivity index (χ2v) is 6.89. The molecule has 2 rings (SSSR count). The highest BCUT2D eigenvalue weighted by Gasteiger charge is 2.26. The van der Waals surface area contributed by atoms with Crippen molar-refractivity contribution in [1.29, 1.82) is 0 Å². The number of carboxylic acids is 1. The fourth-order valence-electron chi connectivity index (χ4n) is 2.80. The molecule has 0 amide bonds. The smallest absolute Gasteiger partial charge is 0.313 e. The van der Waals surface area contributed by atoms with Crippen molar-refractivity contribution in [3.63, 3.8) is 0 Å². The number of aromatic nitrogens is 3. The van der Waals surface area contributed by atoms with Crippen LogP contribution in [0.2, 0.25) is 0 Å². The first-order valence-electron chi connectivity index (χ1n) is 7.28. The zero-order chi connectivity index (χ0) is 14.7. The number of rotatable bonds is 5. The van der Waals surface area contributed by atoms with E-state index in [4.69, 9.17) is 5.11 Å². The predicted octanol–water partition coefficient (Wildman–Crippen LogP) is 3.33. The molecule has 1 aromatic rings.